The van der Waals surface area contributed by atoms with Gasteiger partial charge in [0.2, 0.25) is 0 Å². The van der Waals surface area contributed by atoms with Crippen molar-refractivity contribution < 1.29 is 17.9 Å². The SMILES string of the molecule is C=C(CCCNC1OC1CS(C)(=O)=O)c1c(C=CC)ncnc1Nc1ccc(OCc2ccccn2)c(Cl)c1. The van der Waals surface area contributed by atoms with Crippen LogP contribution in [0.3, 0.4) is 0 Å². The second-order valence-electron chi connectivity index (χ2n) is 9.21. The number of aromatic nitrogens is 3. The number of epoxide rings is 1. The maximum atomic E-state index is 11.4. The number of allylic oxidation sites excluding steroid dienone is 2. The number of hydrogen-bond donors (Lipinski definition) is 2. The predicted octanol–water partition coefficient (Wildman–Crippen LogP) is 5.03. The molecule has 206 valence electrons. The van der Waals surface area contributed by atoms with Crippen LogP contribution in [0.15, 0.2) is 61.6 Å². The van der Waals surface area contributed by atoms with Crippen LogP contribution >= 0.6 is 11.6 Å². The van der Waals surface area contributed by atoms with Gasteiger partial charge in [0, 0.05) is 23.7 Å². The number of ether oxygens (including phenoxy) is 2. The molecule has 2 atom stereocenters. The number of rotatable bonds is 14. The molecular formula is C28H32ClN5O4S. The standard InChI is InChI=1S/C28H32ClN5O4S/c1-4-8-23-26(19(2)9-7-14-31-28-25(38-28)17-39(3,35)36)27(33-18-32-23)34-20-11-12-24(22(29)15-20)37-16-21-10-5-6-13-30-21/h4-6,8,10-13,15,18,25,28,31H,2,7,9,14,16-17H2,1,3H3,(H,32,33,34). The normalized spacial score (nSPS) is 16.8. The molecule has 2 unspecified atom stereocenters. The minimum atomic E-state index is -3.06. The first-order valence-corrected chi connectivity index (χ1v) is 15.0. The molecule has 0 spiro atoms. The summed E-state index contributed by atoms with van der Waals surface area (Å²) >= 11 is 6.51. The van der Waals surface area contributed by atoms with E-state index in [2.05, 4.69) is 32.2 Å². The summed E-state index contributed by atoms with van der Waals surface area (Å²) in [6.45, 7) is 7.21. The predicted molar refractivity (Wildman–Crippen MR) is 155 cm³/mol. The Morgan fingerprint density at radius 2 is 2.08 bits per heavy atom. The molecule has 3 heterocycles. The molecular weight excluding hydrogens is 538 g/mol. The van der Waals surface area contributed by atoms with Crippen LogP contribution in [0, 0.1) is 0 Å². The van der Waals surface area contributed by atoms with Crippen LogP contribution in [0.25, 0.3) is 11.6 Å². The first-order chi connectivity index (χ1) is 18.7. The van der Waals surface area contributed by atoms with Gasteiger partial charge >= 0.3 is 0 Å². The van der Waals surface area contributed by atoms with Crippen LogP contribution in [0.2, 0.25) is 5.02 Å². The Labute approximate surface area is 234 Å². The Kier molecular flexibility index (Phi) is 9.68. The number of nitrogens with one attached hydrogen (secondary N) is 2. The summed E-state index contributed by atoms with van der Waals surface area (Å²) < 4.78 is 34.1. The van der Waals surface area contributed by atoms with E-state index < -0.39 is 9.84 Å². The summed E-state index contributed by atoms with van der Waals surface area (Å²) in [6, 6.07) is 11.1. The van der Waals surface area contributed by atoms with Crippen LogP contribution in [0.4, 0.5) is 11.5 Å². The van der Waals surface area contributed by atoms with Crippen LogP contribution < -0.4 is 15.4 Å². The molecule has 0 aliphatic carbocycles. The van der Waals surface area contributed by atoms with Crippen molar-refractivity contribution in [1.82, 2.24) is 20.3 Å². The number of sulfone groups is 1. The second kappa shape index (κ2) is 13.2. The van der Waals surface area contributed by atoms with Gasteiger partial charge in [-0.2, -0.15) is 0 Å². The largest absolute Gasteiger partial charge is 0.486 e. The molecule has 9 nitrogen and oxygen atoms in total. The minimum Gasteiger partial charge on any atom is -0.486 e. The van der Waals surface area contributed by atoms with Gasteiger partial charge in [-0.15, -0.1) is 0 Å². The topological polar surface area (TPSA) is 119 Å². The molecule has 4 rings (SSSR count). The molecule has 0 saturated carbocycles. The lowest BCUT2D eigenvalue weighted by molar-refractivity contribution is 0.301. The highest BCUT2D eigenvalue weighted by Crippen LogP contribution is 2.33. The van der Waals surface area contributed by atoms with Gasteiger partial charge in [0.05, 0.1) is 22.2 Å². The fourth-order valence-corrected chi connectivity index (χ4v) is 5.10. The Morgan fingerprint density at radius 1 is 1.23 bits per heavy atom. The third-order valence-electron chi connectivity index (χ3n) is 5.90. The third kappa shape index (κ3) is 8.59. The van der Waals surface area contributed by atoms with Crippen molar-refractivity contribution in [2.24, 2.45) is 0 Å². The summed E-state index contributed by atoms with van der Waals surface area (Å²) in [5.41, 5.74) is 4.01. The number of anilines is 2. The molecule has 1 fully saturated rings. The van der Waals surface area contributed by atoms with Crippen molar-refractivity contribution in [2.75, 3.05) is 23.9 Å². The molecule has 0 amide bonds. The van der Waals surface area contributed by atoms with E-state index >= 15 is 0 Å². The zero-order chi connectivity index (χ0) is 27.8. The average molecular weight is 570 g/mol. The van der Waals surface area contributed by atoms with Crippen LogP contribution in [-0.4, -0.2) is 54.3 Å². The lowest BCUT2D eigenvalue weighted by Crippen LogP contribution is -2.23. The van der Waals surface area contributed by atoms with E-state index in [4.69, 9.17) is 21.1 Å². The molecule has 1 saturated heterocycles. The Balaban J connectivity index is 1.38. The van der Waals surface area contributed by atoms with E-state index in [1.54, 1.807) is 18.3 Å². The van der Waals surface area contributed by atoms with E-state index in [1.807, 2.05) is 43.3 Å². The summed E-state index contributed by atoms with van der Waals surface area (Å²) in [7, 11) is -3.06. The molecule has 11 heteroatoms. The zero-order valence-corrected chi connectivity index (χ0v) is 23.5. The molecule has 2 N–H and O–H groups in total. The molecule has 1 aliphatic heterocycles. The Morgan fingerprint density at radius 3 is 2.79 bits per heavy atom. The van der Waals surface area contributed by atoms with Crippen LogP contribution in [-0.2, 0) is 21.2 Å². The second-order valence-corrected chi connectivity index (χ2v) is 11.8. The van der Waals surface area contributed by atoms with Gasteiger partial charge in [-0.1, -0.05) is 30.3 Å². The number of hydrogen-bond acceptors (Lipinski definition) is 9. The summed E-state index contributed by atoms with van der Waals surface area (Å²) in [5.74, 6) is 1.20. The summed E-state index contributed by atoms with van der Waals surface area (Å²) in [4.78, 5) is 13.2. The van der Waals surface area contributed by atoms with Crippen molar-refractivity contribution in [3.63, 3.8) is 0 Å². The van der Waals surface area contributed by atoms with Gasteiger partial charge in [0.1, 0.15) is 46.7 Å². The van der Waals surface area contributed by atoms with Gasteiger partial charge in [-0.25, -0.2) is 18.4 Å². The molecule has 39 heavy (non-hydrogen) atoms. The van der Waals surface area contributed by atoms with Gasteiger partial charge in [0.25, 0.3) is 0 Å². The molecule has 3 aromatic rings. The maximum Gasteiger partial charge on any atom is 0.150 e. The first kappa shape index (κ1) is 28.7. The number of halogens is 1. The zero-order valence-electron chi connectivity index (χ0n) is 21.9. The fourth-order valence-electron chi connectivity index (χ4n) is 4.01. The van der Waals surface area contributed by atoms with Crippen molar-refractivity contribution >= 4 is 44.6 Å². The fraction of sp³-hybridized carbons (Fsp3) is 0.321. The van der Waals surface area contributed by atoms with E-state index in [1.165, 1.54) is 12.6 Å². The smallest absolute Gasteiger partial charge is 0.150 e. The number of nitrogens with zero attached hydrogens (tertiary/aromatic N) is 3. The average Bonchev–Trinajstić information content (AvgIpc) is 3.62. The molecule has 0 radical (unpaired) electrons. The van der Waals surface area contributed by atoms with Crippen molar-refractivity contribution in [2.45, 2.75) is 38.7 Å². The monoisotopic (exact) mass is 569 g/mol. The first-order valence-electron chi connectivity index (χ1n) is 12.5. The number of benzene rings is 1. The van der Waals surface area contributed by atoms with Crippen molar-refractivity contribution in [3.05, 3.63) is 83.6 Å². The van der Waals surface area contributed by atoms with Gasteiger partial charge in [-0.05, 0) is 68.3 Å². The lowest BCUT2D eigenvalue weighted by Gasteiger charge is -2.16. The summed E-state index contributed by atoms with van der Waals surface area (Å²) in [6.07, 6.45) is 9.25. The highest BCUT2D eigenvalue weighted by Gasteiger charge is 2.40. The molecule has 1 aromatic carbocycles. The number of pyridine rings is 1. The minimum absolute atomic E-state index is 0.0296. The quantitative estimate of drug-likeness (QED) is 0.203. The van der Waals surface area contributed by atoms with E-state index in [-0.39, 0.29) is 18.1 Å². The highest BCUT2D eigenvalue weighted by molar-refractivity contribution is 7.90. The van der Waals surface area contributed by atoms with Gasteiger partial charge in [0.15, 0.2) is 0 Å². The van der Waals surface area contributed by atoms with Gasteiger partial charge in [-0.3, -0.25) is 10.3 Å². The molecule has 2 aromatic heterocycles. The Hall–Kier alpha value is -3.31. The highest BCUT2D eigenvalue weighted by atomic mass is 35.5. The third-order valence-corrected chi connectivity index (χ3v) is 7.13. The van der Waals surface area contributed by atoms with Crippen molar-refractivity contribution in [3.8, 4) is 5.75 Å². The maximum absolute atomic E-state index is 11.4. The van der Waals surface area contributed by atoms with Crippen molar-refractivity contribution in [1.29, 1.82) is 0 Å². The van der Waals surface area contributed by atoms with Crippen LogP contribution in [0.1, 0.15) is 36.7 Å². The Bertz CT molecular complexity index is 1430. The van der Waals surface area contributed by atoms with E-state index in [0.717, 1.165) is 34.6 Å². The lowest BCUT2D eigenvalue weighted by atomic mass is 10.0. The molecule has 0 bridgehead atoms. The molecule has 1 aliphatic rings. The van der Waals surface area contributed by atoms with E-state index in [9.17, 15) is 8.42 Å². The van der Waals surface area contributed by atoms with Gasteiger partial charge < -0.3 is 14.8 Å². The van der Waals surface area contributed by atoms with E-state index in [0.29, 0.717) is 36.2 Å². The summed E-state index contributed by atoms with van der Waals surface area (Å²) in [5, 5.41) is 7.05. The van der Waals surface area contributed by atoms with Crippen LogP contribution in [0.5, 0.6) is 5.75 Å².